The molecule has 0 spiro atoms. The molecule has 0 saturated heterocycles. The first kappa shape index (κ1) is 18.2. The average Bonchev–Trinajstić information content (AvgIpc) is 3.16. The number of rotatable bonds is 3. The molecule has 1 aromatic heterocycles. The Kier molecular flexibility index (Phi) is 4.12. The minimum Gasteiger partial charge on any atom is -0.390 e. The highest BCUT2D eigenvalue weighted by molar-refractivity contribution is 5.80. The Morgan fingerprint density at radius 3 is 2.89 bits per heavy atom. The second-order valence-corrected chi connectivity index (χ2v) is 9.77. The van der Waals surface area contributed by atoms with E-state index in [9.17, 15) is 10.2 Å². The molecular formula is C25H31NO2. The smallest absolute Gasteiger partial charge is 0.0719 e. The summed E-state index contributed by atoms with van der Waals surface area (Å²) in [6, 6.07) is 10.6. The maximum atomic E-state index is 11.5. The van der Waals surface area contributed by atoms with Gasteiger partial charge < -0.3 is 15.2 Å². The van der Waals surface area contributed by atoms with E-state index in [0.29, 0.717) is 11.8 Å². The molecule has 0 amide bonds. The number of hydrogen-bond donors (Lipinski definition) is 3. The highest BCUT2D eigenvalue weighted by Gasteiger charge is 2.56. The lowest BCUT2D eigenvalue weighted by molar-refractivity contribution is -0.0668. The predicted molar refractivity (Wildman–Crippen MR) is 113 cm³/mol. The van der Waals surface area contributed by atoms with Crippen LogP contribution in [-0.2, 0) is 6.42 Å². The first-order chi connectivity index (χ1) is 13.4. The van der Waals surface area contributed by atoms with E-state index in [4.69, 9.17) is 0 Å². The lowest BCUT2D eigenvalue weighted by Crippen LogP contribution is -2.43. The van der Waals surface area contributed by atoms with Gasteiger partial charge in [0.2, 0.25) is 0 Å². The van der Waals surface area contributed by atoms with Gasteiger partial charge in [0.05, 0.1) is 11.2 Å². The SMILES string of the molecule is C=C(Cc1cc2ccccc2[nH]1)C1CC2C(CCC2(C)O)C2(O)CC=CC1C2. The molecule has 5 rings (SSSR count). The van der Waals surface area contributed by atoms with E-state index < -0.39 is 11.2 Å². The summed E-state index contributed by atoms with van der Waals surface area (Å²) in [5, 5.41) is 23.8. The minimum atomic E-state index is -0.683. The van der Waals surface area contributed by atoms with Crippen LogP contribution in [0.1, 0.15) is 44.7 Å². The topological polar surface area (TPSA) is 56.2 Å². The largest absolute Gasteiger partial charge is 0.390 e. The third kappa shape index (κ3) is 2.87. The fourth-order valence-electron chi connectivity index (χ4n) is 6.44. The summed E-state index contributed by atoms with van der Waals surface area (Å²) in [6.45, 7) is 6.47. The van der Waals surface area contributed by atoms with Crippen molar-refractivity contribution >= 4 is 10.9 Å². The van der Waals surface area contributed by atoms with Gasteiger partial charge in [0.15, 0.2) is 0 Å². The Bertz CT molecular complexity index is 906. The molecule has 2 bridgehead atoms. The normalized spacial score (nSPS) is 39.7. The van der Waals surface area contributed by atoms with Crippen LogP contribution in [0.15, 0.2) is 54.6 Å². The number of fused-ring (bicyclic) bond motifs is 5. The summed E-state index contributed by atoms with van der Waals surface area (Å²) < 4.78 is 0. The van der Waals surface area contributed by atoms with Crippen molar-refractivity contribution < 1.29 is 10.2 Å². The van der Waals surface area contributed by atoms with Crippen molar-refractivity contribution in [3.63, 3.8) is 0 Å². The molecule has 2 fully saturated rings. The average molecular weight is 378 g/mol. The van der Waals surface area contributed by atoms with Crippen LogP contribution >= 0.6 is 0 Å². The molecular weight excluding hydrogens is 346 g/mol. The van der Waals surface area contributed by atoms with Crippen molar-refractivity contribution in [1.29, 1.82) is 0 Å². The molecule has 6 atom stereocenters. The summed E-state index contributed by atoms with van der Waals surface area (Å²) in [7, 11) is 0. The standard InChI is InChI=1S/C25H31NO2/c1-16(12-19-13-17-6-3-4-8-23(17)26-19)20-14-22-21(9-11-24(22,2)27)25(28)10-5-7-18(20)15-25/h3-8,13,18,20-22,26-28H,1,9-12,14-15H2,2H3. The van der Waals surface area contributed by atoms with E-state index in [0.717, 1.165) is 44.0 Å². The zero-order valence-corrected chi connectivity index (χ0v) is 16.7. The van der Waals surface area contributed by atoms with E-state index in [-0.39, 0.29) is 11.8 Å². The summed E-state index contributed by atoms with van der Waals surface area (Å²) in [4.78, 5) is 3.53. The van der Waals surface area contributed by atoms with E-state index in [1.807, 2.05) is 6.92 Å². The summed E-state index contributed by atoms with van der Waals surface area (Å²) in [5.74, 6) is 0.957. The number of hydrogen-bond acceptors (Lipinski definition) is 2. The quantitative estimate of drug-likeness (QED) is 0.676. The number of allylic oxidation sites excluding steroid dienone is 2. The molecule has 3 aliphatic carbocycles. The lowest BCUT2D eigenvalue weighted by atomic mass is 9.72. The van der Waals surface area contributed by atoms with Gasteiger partial charge in [-0.25, -0.2) is 0 Å². The molecule has 3 heteroatoms. The van der Waals surface area contributed by atoms with E-state index >= 15 is 0 Å². The highest BCUT2D eigenvalue weighted by atomic mass is 16.3. The second kappa shape index (κ2) is 6.33. The summed E-state index contributed by atoms with van der Waals surface area (Å²) in [6.07, 6.45) is 9.46. The Hall–Kier alpha value is -1.84. The van der Waals surface area contributed by atoms with Crippen LogP contribution in [0.25, 0.3) is 10.9 Å². The van der Waals surface area contributed by atoms with Gasteiger partial charge in [-0.2, -0.15) is 0 Å². The number of H-pyrrole nitrogens is 1. The Labute approximate surface area is 167 Å². The van der Waals surface area contributed by atoms with Gasteiger partial charge in [-0.15, -0.1) is 0 Å². The summed E-state index contributed by atoms with van der Waals surface area (Å²) in [5.41, 5.74) is 2.23. The lowest BCUT2D eigenvalue weighted by Gasteiger charge is -2.39. The number of aromatic amines is 1. The molecule has 2 saturated carbocycles. The first-order valence-corrected chi connectivity index (χ1v) is 10.7. The van der Waals surface area contributed by atoms with Crippen LogP contribution in [-0.4, -0.2) is 26.4 Å². The monoisotopic (exact) mass is 377 g/mol. The zero-order valence-electron chi connectivity index (χ0n) is 16.7. The molecule has 0 radical (unpaired) electrons. The zero-order chi connectivity index (χ0) is 19.5. The number of para-hydroxylation sites is 1. The fourth-order valence-corrected chi connectivity index (χ4v) is 6.44. The minimum absolute atomic E-state index is 0.145. The molecule has 6 unspecified atom stereocenters. The Morgan fingerprint density at radius 1 is 1.25 bits per heavy atom. The van der Waals surface area contributed by atoms with Crippen LogP contribution < -0.4 is 0 Å². The predicted octanol–water partition coefficient (Wildman–Crippen LogP) is 4.76. The first-order valence-electron chi connectivity index (χ1n) is 10.7. The number of aromatic nitrogens is 1. The van der Waals surface area contributed by atoms with Crippen molar-refractivity contribution in [2.24, 2.45) is 23.7 Å². The maximum absolute atomic E-state index is 11.5. The Balaban J connectivity index is 1.45. The molecule has 3 nitrogen and oxygen atoms in total. The van der Waals surface area contributed by atoms with E-state index in [1.54, 1.807) is 0 Å². The van der Waals surface area contributed by atoms with Gasteiger partial charge >= 0.3 is 0 Å². The van der Waals surface area contributed by atoms with E-state index in [1.165, 1.54) is 16.7 Å². The number of benzene rings is 1. The van der Waals surface area contributed by atoms with Crippen molar-refractivity contribution in [2.45, 2.75) is 56.7 Å². The highest BCUT2D eigenvalue weighted by Crippen LogP contribution is 2.56. The van der Waals surface area contributed by atoms with Gasteiger partial charge in [-0.1, -0.05) is 42.5 Å². The number of aliphatic hydroxyl groups is 2. The molecule has 1 aromatic carbocycles. The van der Waals surface area contributed by atoms with Crippen LogP contribution in [0.3, 0.4) is 0 Å². The van der Waals surface area contributed by atoms with Gasteiger partial charge in [-0.3, -0.25) is 0 Å². The molecule has 148 valence electrons. The molecule has 3 N–H and O–H groups in total. The fraction of sp³-hybridized carbons (Fsp3) is 0.520. The Morgan fingerprint density at radius 2 is 2.07 bits per heavy atom. The number of nitrogens with one attached hydrogen (secondary N) is 1. The molecule has 1 heterocycles. The van der Waals surface area contributed by atoms with Crippen LogP contribution in [0.5, 0.6) is 0 Å². The maximum Gasteiger partial charge on any atom is 0.0719 e. The van der Waals surface area contributed by atoms with Crippen LogP contribution in [0, 0.1) is 23.7 Å². The van der Waals surface area contributed by atoms with Gasteiger partial charge in [0.1, 0.15) is 0 Å². The molecule has 2 aromatic rings. The van der Waals surface area contributed by atoms with Crippen molar-refractivity contribution in [2.75, 3.05) is 0 Å². The van der Waals surface area contributed by atoms with Crippen LogP contribution in [0.2, 0.25) is 0 Å². The van der Waals surface area contributed by atoms with E-state index in [2.05, 4.69) is 54.0 Å². The van der Waals surface area contributed by atoms with Crippen LogP contribution in [0.4, 0.5) is 0 Å². The third-order valence-corrected chi connectivity index (χ3v) is 7.93. The van der Waals surface area contributed by atoms with Crippen molar-refractivity contribution in [3.05, 3.63) is 60.3 Å². The second-order valence-electron chi connectivity index (χ2n) is 9.77. The van der Waals surface area contributed by atoms with Crippen molar-refractivity contribution in [1.82, 2.24) is 4.98 Å². The van der Waals surface area contributed by atoms with Gasteiger partial charge in [-0.05, 0) is 80.2 Å². The summed E-state index contributed by atoms with van der Waals surface area (Å²) >= 11 is 0. The van der Waals surface area contributed by atoms with Gasteiger partial charge in [0.25, 0.3) is 0 Å². The van der Waals surface area contributed by atoms with Crippen molar-refractivity contribution in [3.8, 4) is 0 Å². The third-order valence-electron chi connectivity index (χ3n) is 7.93. The molecule has 0 aliphatic heterocycles. The molecule has 3 aliphatic rings. The van der Waals surface area contributed by atoms with Gasteiger partial charge in [0, 0.05) is 17.6 Å². The molecule has 28 heavy (non-hydrogen) atoms.